The van der Waals surface area contributed by atoms with Crippen molar-refractivity contribution in [1.82, 2.24) is 9.97 Å². The van der Waals surface area contributed by atoms with Gasteiger partial charge in [0.2, 0.25) is 5.95 Å². The number of nitrogens with two attached hydrogens (primary N) is 1. The molecule has 0 unspecified atom stereocenters. The lowest BCUT2D eigenvalue weighted by Crippen LogP contribution is -2.02. The van der Waals surface area contributed by atoms with Gasteiger partial charge >= 0.3 is 0 Å². The Hall–Kier alpha value is -2.10. The monoisotopic (exact) mass is 229 g/mol. The Balaban J connectivity index is 2.68. The van der Waals surface area contributed by atoms with Gasteiger partial charge in [-0.2, -0.15) is 0 Å². The molecule has 1 aromatic carbocycles. The van der Waals surface area contributed by atoms with Crippen molar-refractivity contribution < 1.29 is 5.11 Å². The Morgan fingerprint density at radius 1 is 1.06 bits per heavy atom. The Morgan fingerprint density at radius 3 is 2.18 bits per heavy atom. The van der Waals surface area contributed by atoms with Crippen molar-refractivity contribution in [2.75, 3.05) is 5.73 Å². The van der Waals surface area contributed by atoms with Crippen LogP contribution in [0.2, 0.25) is 0 Å². The number of phenols is 1. The zero-order chi connectivity index (χ0) is 12.6. The molecule has 0 aliphatic carbocycles. The number of aromatic hydroxyl groups is 1. The molecule has 0 saturated carbocycles. The highest BCUT2D eigenvalue weighted by Gasteiger charge is 2.11. The molecule has 0 aliphatic heterocycles. The van der Waals surface area contributed by atoms with E-state index in [1.54, 1.807) is 12.1 Å². The van der Waals surface area contributed by atoms with Crippen molar-refractivity contribution in [3.05, 3.63) is 35.2 Å². The predicted octanol–water partition coefficient (Wildman–Crippen LogP) is 2.36. The van der Waals surface area contributed by atoms with Gasteiger partial charge in [-0.15, -0.1) is 0 Å². The Kier molecular flexibility index (Phi) is 2.71. The fourth-order valence-electron chi connectivity index (χ4n) is 2.06. The molecule has 0 aliphatic rings. The summed E-state index contributed by atoms with van der Waals surface area (Å²) in [5.41, 5.74) is 10.3. The van der Waals surface area contributed by atoms with E-state index in [4.69, 9.17) is 5.73 Å². The van der Waals surface area contributed by atoms with Gasteiger partial charge < -0.3 is 10.8 Å². The zero-order valence-corrected chi connectivity index (χ0v) is 10.2. The second-order valence-corrected chi connectivity index (χ2v) is 4.13. The lowest BCUT2D eigenvalue weighted by atomic mass is 9.98. The van der Waals surface area contributed by atoms with Gasteiger partial charge in [-0.05, 0) is 44.0 Å². The summed E-state index contributed by atoms with van der Waals surface area (Å²) in [7, 11) is 0. The van der Waals surface area contributed by atoms with Crippen LogP contribution in [0.1, 0.15) is 17.0 Å². The predicted molar refractivity (Wildman–Crippen MR) is 67.8 cm³/mol. The average molecular weight is 229 g/mol. The SMILES string of the molecule is Cc1cc(O)ccc1-c1c(C)nc(N)nc1C. The zero-order valence-electron chi connectivity index (χ0n) is 10.2. The van der Waals surface area contributed by atoms with E-state index in [-0.39, 0.29) is 5.75 Å². The Bertz CT molecular complexity index is 556. The highest BCUT2D eigenvalue weighted by molar-refractivity contribution is 5.72. The normalized spacial score (nSPS) is 10.5. The van der Waals surface area contributed by atoms with E-state index in [1.807, 2.05) is 26.8 Å². The van der Waals surface area contributed by atoms with Crippen LogP contribution in [0.3, 0.4) is 0 Å². The van der Waals surface area contributed by atoms with Crippen LogP contribution in [0.25, 0.3) is 11.1 Å². The van der Waals surface area contributed by atoms with E-state index >= 15 is 0 Å². The molecule has 0 atom stereocenters. The summed E-state index contributed by atoms with van der Waals surface area (Å²) >= 11 is 0. The topological polar surface area (TPSA) is 72.0 Å². The number of benzene rings is 1. The van der Waals surface area contributed by atoms with Gasteiger partial charge in [-0.3, -0.25) is 0 Å². The number of aromatic nitrogens is 2. The van der Waals surface area contributed by atoms with E-state index in [1.165, 1.54) is 0 Å². The first-order valence-corrected chi connectivity index (χ1v) is 5.39. The first-order chi connectivity index (χ1) is 7.99. The lowest BCUT2D eigenvalue weighted by molar-refractivity contribution is 0.475. The van der Waals surface area contributed by atoms with Crippen molar-refractivity contribution in [3.63, 3.8) is 0 Å². The quantitative estimate of drug-likeness (QED) is 0.787. The number of anilines is 1. The van der Waals surface area contributed by atoms with Gasteiger partial charge in [0.15, 0.2) is 0 Å². The minimum Gasteiger partial charge on any atom is -0.508 e. The second-order valence-electron chi connectivity index (χ2n) is 4.13. The molecular weight excluding hydrogens is 214 g/mol. The van der Waals surface area contributed by atoms with Crippen molar-refractivity contribution in [1.29, 1.82) is 0 Å². The fourth-order valence-corrected chi connectivity index (χ4v) is 2.06. The summed E-state index contributed by atoms with van der Waals surface area (Å²) in [6.07, 6.45) is 0. The van der Waals surface area contributed by atoms with Gasteiger partial charge in [-0.25, -0.2) is 9.97 Å². The molecule has 0 saturated heterocycles. The molecule has 1 aromatic heterocycles. The first-order valence-electron chi connectivity index (χ1n) is 5.39. The number of phenolic OH excluding ortho intramolecular Hbond substituents is 1. The van der Waals surface area contributed by atoms with Crippen LogP contribution in [-0.2, 0) is 0 Å². The summed E-state index contributed by atoms with van der Waals surface area (Å²) in [5.74, 6) is 0.554. The smallest absolute Gasteiger partial charge is 0.220 e. The van der Waals surface area contributed by atoms with Gasteiger partial charge in [-0.1, -0.05) is 6.07 Å². The van der Waals surface area contributed by atoms with Crippen molar-refractivity contribution in [2.45, 2.75) is 20.8 Å². The lowest BCUT2D eigenvalue weighted by Gasteiger charge is -2.12. The second kappa shape index (κ2) is 4.05. The maximum atomic E-state index is 9.42. The van der Waals surface area contributed by atoms with E-state index in [0.717, 1.165) is 28.1 Å². The molecule has 0 amide bonds. The van der Waals surface area contributed by atoms with Crippen LogP contribution in [0.5, 0.6) is 5.75 Å². The molecule has 88 valence electrons. The molecule has 2 aromatic rings. The number of rotatable bonds is 1. The molecule has 0 bridgehead atoms. The van der Waals surface area contributed by atoms with Gasteiger partial charge in [0.25, 0.3) is 0 Å². The Morgan fingerprint density at radius 2 is 1.65 bits per heavy atom. The standard InChI is InChI=1S/C13H15N3O/c1-7-6-10(17)4-5-11(7)12-8(2)15-13(14)16-9(12)3/h4-6,17H,1-3H3,(H2,14,15,16). The van der Waals surface area contributed by atoms with E-state index < -0.39 is 0 Å². The number of aryl methyl sites for hydroxylation is 3. The number of hydrogen-bond donors (Lipinski definition) is 2. The molecule has 4 heteroatoms. The van der Waals surface area contributed by atoms with E-state index in [0.29, 0.717) is 5.95 Å². The van der Waals surface area contributed by atoms with Crippen LogP contribution in [0.4, 0.5) is 5.95 Å². The van der Waals surface area contributed by atoms with Crippen molar-refractivity contribution >= 4 is 5.95 Å². The molecule has 4 nitrogen and oxygen atoms in total. The molecule has 0 fully saturated rings. The number of hydrogen-bond acceptors (Lipinski definition) is 4. The van der Waals surface area contributed by atoms with Crippen LogP contribution in [-0.4, -0.2) is 15.1 Å². The van der Waals surface area contributed by atoms with Gasteiger partial charge in [0.05, 0.1) is 11.4 Å². The van der Waals surface area contributed by atoms with Crippen LogP contribution in [0.15, 0.2) is 18.2 Å². The van der Waals surface area contributed by atoms with Crippen molar-refractivity contribution in [3.8, 4) is 16.9 Å². The van der Waals surface area contributed by atoms with Crippen molar-refractivity contribution in [2.24, 2.45) is 0 Å². The minimum absolute atomic E-state index is 0.262. The van der Waals surface area contributed by atoms with E-state index in [9.17, 15) is 5.11 Å². The van der Waals surface area contributed by atoms with E-state index in [2.05, 4.69) is 9.97 Å². The van der Waals surface area contributed by atoms with Gasteiger partial charge in [0.1, 0.15) is 5.75 Å². The summed E-state index contributed by atoms with van der Waals surface area (Å²) in [6, 6.07) is 5.27. The van der Waals surface area contributed by atoms with Gasteiger partial charge in [0, 0.05) is 5.56 Å². The maximum Gasteiger partial charge on any atom is 0.220 e. The summed E-state index contributed by atoms with van der Waals surface area (Å²) in [4.78, 5) is 8.36. The fraction of sp³-hybridized carbons (Fsp3) is 0.231. The third kappa shape index (κ3) is 2.06. The Labute approximate surface area is 100 Å². The van der Waals surface area contributed by atoms with Crippen LogP contribution in [0, 0.1) is 20.8 Å². The molecule has 1 heterocycles. The molecule has 17 heavy (non-hydrogen) atoms. The third-order valence-corrected chi connectivity index (χ3v) is 2.77. The van der Waals surface area contributed by atoms with Crippen LogP contribution < -0.4 is 5.73 Å². The van der Waals surface area contributed by atoms with Crippen LogP contribution >= 0.6 is 0 Å². The highest BCUT2D eigenvalue weighted by Crippen LogP contribution is 2.30. The first kappa shape index (κ1) is 11.4. The summed E-state index contributed by atoms with van der Waals surface area (Å²) < 4.78 is 0. The largest absolute Gasteiger partial charge is 0.508 e. The summed E-state index contributed by atoms with van der Waals surface area (Å²) in [5, 5.41) is 9.42. The molecule has 0 spiro atoms. The minimum atomic E-state index is 0.262. The third-order valence-electron chi connectivity index (χ3n) is 2.77. The molecule has 0 radical (unpaired) electrons. The molecular formula is C13H15N3O. The number of nitrogen functional groups attached to an aromatic ring is 1. The summed E-state index contributed by atoms with van der Waals surface area (Å²) in [6.45, 7) is 5.77. The average Bonchev–Trinajstić information content (AvgIpc) is 2.19. The number of nitrogens with zero attached hydrogens (tertiary/aromatic N) is 2. The highest BCUT2D eigenvalue weighted by atomic mass is 16.3. The molecule has 2 rings (SSSR count). The maximum absolute atomic E-state index is 9.42. The molecule has 3 N–H and O–H groups in total.